The Morgan fingerprint density at radius 3 is 2.59 bits per heavy atom. The summed E-state index contributed by atoms with van der Waals surface area (Å²) in [7, 11) is 0. The lowest BCUT2D eigenvalue weighted by Gasteiger charge is -2.39. The third-order valence-corrected chi connectivity index (χ3v) is 5.88. The molecule has 0 bridgehead atoms. The van der Waals surface area contributed by atoms with Crippen molar-refractivity contribution in [2.24, 2.45) is 0 Å². The predicted octanol–water partition coefficient (Wildman–Crippen LogP) is 2.53. The number of nitrogens with one attached hydrogen (secondary N) is 1. The van der Waals surface area contributed by atoms with E-state index in [4.69, 9.17) is 16.3 Å². The lowest BCUT2D eigenvalue weighted by Crippen LogP contribution is -2.51. The van der Waals surface area contributed by atoms with Crippen molar-refractivity contribution in [1.82, 2.24) is 10.2 Å². The zero-order valence-corrected chi connectivity index (χ0v) is 16.6. The second kappa shape index (κ2) is 7.14. The molecule has 0 spiro atoms. The summed E-state index contributed by atoms with van der Waals surface area (Å²) in [6.45, 7) is 1.94. The molecule has 0 amide bonds. The average Bonchev–Trinajstić information content (AvgIpc) is 3.25. The Morgan fingerprint density at radius 1 is 1.00 bits per heavy atom. The van der Waals surface area contributed by atoms with Crippen LogP contribution in [0.5, 0.6) is 5.75 Å². The summed E-state index contributed by atoms with van der Waals surface area (Å²) in [6, 6.07) is 23.4. The van der Waals surface area contributed by atoms with Gasteiger partial charge in [0.2, 0.25) is 0 Å². The molecule has 146 valence electrons. The first-order valence-electron chi connectivity index (χ1n) is 9.68. The zero-order chi connectivity index (χ0) is 19.8. The number of aliphatic hydroxyl groups is 1. The molecule has 2 aliphatic rings. The van der Waals surface area contributed by atoms with Gasteiger partial charge in [0.1, 0.15) is 18.2 Å². The van der Waals surface area contributed by atoms with Gasteiger partial charge in [-0.05, 0) is 29.5 Å². The minimum absolute atomic E-state index is 0.400. The molecule has 3 aromatic rings. The molecule has 0 aliphatic carbocycles. The molecular weight excluding hydrogens is 384 g/mol. The molecule has 1 atom stereocenters. The van der Waals surface area contributed by atoms with Crippen LogP contribution in [0, 0.1) is 0 Å². The van der Waals surface area contributed by atoms with Crippen LogP contribution in [0.4, 0.5) is 0 Å². The van der Waals surface area contributed by atoms with Gasteiger partial charge in [0.05, 0.1) is 0 Å². The molecule has 1 fully saturated rings. The molecule has 5 rings (SSSR count). The van der Waals surface area contributed by atoms with Crippen molar-refractivity contribution in [1.29, 1.82) is 0 Å². The van der Waals surface area contributed by atoms with Crippen molar-refractivity contribution in [3.05, 3.63) is 99.4 Å². The quantitative estimate of drug-likeness (QED) is 0.701. The lowest BCUT2D eigenvalue weighted by molar-refractivity contribution is -0.0169. The Labute approximate surface area is 174 Å². The monoisotopic (exact) mass is 404 g/mol. The number of ether oxygens (including phenoxy) is 1. The van der Waals surface area contributed by atoms with E-state index < -0.39 is 5.72 Å². The average molecular weight is 405 g/mol. The van der Waals surface area contributed by atoms with E-state index in [9.17, 15) is 5.11 Å². The van der Waals surface area contributed by atoms with Gasteiger partial charge in [0, 0.05) is 34.5 Å². The van der Waals surface area contributed by atoms with Gasteiger partial charge < -0.3 is 20.1 Å². The van der Waals surface area contributed by atoms with Crippen molar-refractivity contribution < 1.29 is 9.84 Å². The highest BCUT2D eigenvalue weighted by Gasteiger charge is 2.40. The van der Waals surface area contributed by atoms with Gasteiger partial charge in [-0.2, -0.15) is 0 Å². The molecule has 0 saturated carbocycles. The molecule has 3 aromatic carbocycles. The highest BCUT2D eigenvalue weighted by Crippen LogP contribution is 2.34. The van der Waals surface area contributed by atoms with Crippen molar-refractivity contribution in [2.45, 2.75) is 12.3 Å². The summed E-state index contributed by atoms with van der Waals surface area (Å²) >= 11 is 6.20. The van der Waals surface area contributed by atoms with Crippen molar-refractivity contribution in [3.8, 4) is 5.75 Å². The van der Waals surface area contributed by atoms with Crippen LogP contribution in [0.15, 0.2) is 72.8 Å². The van der Waals surface area contributed by atoms with E-state index in [1.165, 1.54) is 0 Å². The second-order valence-electron chi connectivity index (χ2n) is 7.29. The fourth-order valence-corrected chi connectivity index (χ4v) is 4.21. The summed E-state index contributed by atoms with van der Waals surface area (Å²) < 4.78 is 5.88. The summed E-state index contributed by atoms with van der Waals surface area (Å²) in [6.07, 6.45) is 1.93. The largest absolute Gasteiger partial charge is 0.489 e. The molecule has 2 N–H and O–H groups in total. The van der Waals surface area contributed by atoms with Crippen LogP contribution in [0.25, 0.3) is 11.9 Å². The third kappa shape index (κ3) is 3.15. The van der Waals surface area contributed by atoms with E-state index in [2.05, 4.69) is 11.4 Å². The molecule has 2 aliphatic heterocycles. The molecule has 29 heavy (non-hydrogen) atoms. The Morgan fingerprint density at radius 2 is 1.76 bits per heavy atom. The van der Waals surface area contributed by atoms with Gasteiger partial charge >= 0.3 is 0 Å². The maximum absolute atomic E-state index is 11.6. The fraction of sp³-hybridized carbons (Fsp3) is 0.167. The molecule has 0 radical (unpaired) electrons. The van der Waals surface area contributed by atoms with Crippen LogP contribution in [-0.4, -0.2) is 23.1 Å². The number of nitrogens with zero attached hydrogens (tertiary/aromatic N) is 1. The van der Waals surface area contributed by atoms with E-state index in [0.29, 0.717) is 11.6 Å². The standard InChI is InChI=1S/C24H21ClN2O2/c25-22-8-4-2-6-18(22)16-29-20-11-9-19(10-12-20)24(28)15-17-5-1-3-7-21(17)23-26-13-14-27(23)24/h1-12,15,26,28H,13-14,16H2. The van der Waals surface area contributed by atoms with Crippen LogP contribution in [0.2, 0.25) is 5.02 Å². The summed E-state index contributed by atoms with van der Waals surface area (Å²) in [5, 5.41) is 17.9. The number of hydrogen-bond acceptors (Lipinski definition) is 4. The SMILES string of the molecule is OC1(c2ccc(OCc3ccccc3Cl)cc2)C=c2ccccc2=C2NCCN21. The number of hydrogen-bond donors (Lipinski definition) is 2. The van der Waals surface area contributed by atoms with Crippen LogP contribution in [-0.2, 0) is 12.3 Å². The number of fused-ring (bicyclic) bond motifs is 2. The summed E-state index contributed by atoms with van der Waals surface area (Å²) in [5.74, 6) is 1.71. The van der Waals surface area contributed by atoms with E-state index in [0.717, 1.165) is 46.2 Å². The van der Waals surface area contributed by atoms with Crippen molar-refractivity contribution in [3.63, 3.8) is 0 Å². The zero-order valence-electron chi connectivity index (χ0n) is 15.8. The fourth-order valence-electron chi connectivity index (χ4n) is 4.02. The van der Waals surface area contributed by atoms with E-state index in [1.807, 2.05) is 77.7 Å². The van der Waals surface area contributed by atoms with Crippen LogP contribution in [0.3, 0.4) is 0 Å². The topological polar surface area (TPSA) is 44.7 Å². The molecular formula is C24H21ClN2O2. The summed E-state index contributed by atoms with van der Waals surface area (Å²) in [4.78, 5) is 2.02. The van der Waals surface area contributed by atoms with Crippen LogP contribution in [0.1, 0.15) is 11.1 Å². The Kier molecular flexibility index (Phi) is 4.46. The van der Waals surface area contributed by atoms with Crippen molar-refractivity contribution >= 4 is 23.5 Å². The Bertz CT molecular complexity index is 1180. The Hall–Kier alpha value is -2.95. The third-order valence-electron chi connectivity index (χ3n) is 5.51. The number of halogens is 1. The molecule has 5 heteroatoms. The minimum Gasteiger partial charge on any atom is -0.489 e. The Balaban J connectivity index is 1.44. The molecule has 1 saturated heterocycles. The predicted molar refractivity (Wildman–Crippen MR) is 114 cm³/mol. The maximum Gasteiger partial charge on any atom is 0.186 e. The molecule has 2 heterocycles. The number of benzene rings is 3. The van der Waals surface area contributed by atoms with Crippen molar-refractivity contribution in [2.75, 3.05) is 13.1 Å². The first-order valence-corrected chi connectivity index (χ1v) is 10.1. The molecule has 4 nitrogen and oxygen atoms in total. The second-order valence-corrected chi connectivity index (χ2v) is 7.70. The minimum atomic E-state index is -1.20. The number of rotatable bonds is 4. The van der Waals surface area contributed by atoms with E-state index >= 15 is 0 Å². The van der Waals surface area contributed by atoms with Crippen LogP contribution >= 0.6 is 11.6 Å². The highest BCUT2D eigenvalue weighted by molar-refractivity contribution is 6.31. The van der Waals surface area contributed by atoms with Gasteiger partial charge in [-0.15, -0.1) is 0 Å². The van der Waals surface area contributed by atoms with Gasteiger partial charge in [-0.1, -0.05) is 66.2 Å². The highest BCUT2D eigenvalue weighted by atomic mass is 35.5. The normalized spacial score (nSPS) is 19.8. The molecule has 1 unspecified atom stereocenters. The van der Waals surface area contributed by atoms with Gasteiger partial charge in [0.25, 0.3) is 0 Å². The van der Waals surface area contributed by atoms with Gasteiger partial charge in [0.15, 0.2) is 5.72 Å². The van der Waals surface area contributed by atoms with Crippen LogP contribution < -0.4 is 20.5 Å². The maximum atomic E-state index is 11.6. The van der Waals surface area contributed by atoms with E-state index in [1.54, 1.807) is 0 Å². The smallest absolute Gasteiger partial charge is 0.186 e. The first kappa shape index (κ1) is 18.1. The van der Waals surface area contributed by atoms with Gasteiger partial charge in [-0.25, -0.2) is 0 Å². The lowest BCUT2D eigenvalue weighted by atomic mass is 9.96. The van der Waals surface area contributed by atoms with Gasteiger partial charge in [-0.3, -0.25) is 0 Å². The summed E-state index contributed by atoms with van der Waals surface area (Å²) in [5.41, 5.74) is 0.545. The van der Waals surface area contributed by atoms with E-state index in [-0.39, 0.29) is 0 Å². The first-order chi connectivity index (χ1) is 14.1. The molecule has 0 aromatic heterocycles.